The van der Waals surface area contributed by atoms with Gasteiger partial charge in [0, 0.05) is 0 Å². The van der Waals surface area contributed by atoms with Crippen molar-refractivity contribution in [1.29, 1.82) is 0 Å². The van der Waals surface area contributed by atoms with Crippen molar-refractivity contribution < 1.29 is 0 Å². The Labute approximate surface area is 76.7 Å². The van der Waals surface area contributed by atoms with Crippen LogP contribution in [-0.4, -0.2) is 6.54 Å². The van der Waals surface area contributed by atoms with Gasteiger partial charge in [-0.15, -0.1) is 0 Å². The van der Waals surface area contributed by atoms with Gasteiger partial charge in [0.15, 0.2) is 0 Å². The molecule has 0 atom stereocenters. The van der Waals surface area contributed by atoms with Crippen molar-refractivity contribution in [2.45, 2.75) is 52.4 Å². The van der Waals surface area contributed by atoms with Gasteiger partial charge in [-0.3, -0.25) is 0 Å². The number of hydrogen-bond acceptors (Lipinski definition) is 1. The molecular weight excluding hydrogens is 146 g/mol. The molecule has 0 radical (unpaired) electrons. The first kappa shape index (κ1) is 10.0. The molecule has 0 aromatic carbocycles. The highest BCUT2D eigenvalue weighted by molar-refractivity contribution is 4.85. The fourth-order valence-electron chi connectivity index (χ4n) is 2.45. The zero-order valence-corrected chi connectivity index (χ0v) is 8.60. The molecule has 0 saturated heterocycles. The van der Waals surface area contributed by atoms with E-state index in [2.05, 4.69) is 13.8 Å². The van der Waals surface area contributed by atoms with Crippen molar-refractivity contribution >= 4 is 0 Å². The Kier molecular flexibility index (Phi) is 3.57. The van der Waals surface area contributed by atoms with E-state index in [1.807, 2.05) is 0 Å². The average molecular weight is 169 g/mol. The summed E-state index contributed by atoms with van der Waals surface area (Å²) in [6.07, 6.45) is 8.37. The monoisotopic (exact) mass is 169 g/mol. The van der Waals surface area contributed by atoms with E-state index in [-0.39, 0.29) is 0 Å². The van der Waals surface area contributed by atoms with Gasteiger partial charge in [-0.05, 0) is 30.7 Å². The van der Waals surface area contributed by atoms with Crippen LogP contribution in [0, 0.1) is 11.3 Å². The Morgan fingerprint density at radius 2 is 1.58 bits per heavy atom. The molecule has 1 rings (SSSR count). The molecule has 0 aromatic heterocycles. The zero-order chi connectivity index (χ0) is 9.03. The molecule has 0 aromatic rings. The largest absolute Gasteiger partial charge is 0.330 e. The summed E-state index contributed by atoms with van der Waals surface area (Å²) in [6.45, 7) is 5.56. The molecule has 0 amide bonds. The second-order valence-electron chi connectivity index (χ2n) is 4.64. The Hall–Kier alpha value is -0.0400. The van der Waals surface area contributed by atoms with Gasteiger partial charge in [-0.2, -0.15) is 0 Å². The lowest BCUT2D eigenvalue weighted by Gasteiger charge is -2.35. The van der Waals surface area contributed by atoms with Gasteiger partial charge in [-0.1, -0.05) is 39.5 Å². The quantitative estimate of drug-likeness (QED) is 0.632. The van der Waals surface area contributed by atoms with Crippen LogP contribution in [0.5, 0.6) is 0 Å². The van der Waals surface area contributed by atoms with Gasteiger partial charge in [0.2, 0.25) is 0 Å². The third kappa shape index (κ3) is 2.01. The molecule has 1 heteroatoms. The van der Waals surface area contributed by atoms with E-state index in [4.69, 9.17) is 5.73 Å². The van der Waals surface area contributed by atoms with Crippen LogP contribution in [0.1, 0.15) is 52.4 Å². The summed E-state index contributed by atoms with van der Waals surface area (Å²) in [5, 5.41) is 0. The summed E-state index contributed by atoms with van der Waals surface area (Å²) in [5.74, 6) is 0.764. The lowest BCUT2D eigenvalue weighted by molar-refractivity contribution is 0.168. The first-order valence-corrected chi connectivity index (χ1v) is 5.41. The number of nitrogens with two attached hydrogens (primary N) is 1. The van der Waals surface area contributed by atoms with Crippen molar-refractivity contribution in [3.8, 4) is 0 Å². The van der Waals surface area contributed by atoms with E-state index in [9.17, 15) is 0 Å². The first-order valence-electron chi connectivity index (χ1n) is 5.41. The Bertz CT molecular complexity index is 121. The minimum absolute atomic E-state index is 0.483. The highest BCUT2D eigenvalue weighted by Crippen LogP contribution is 2.40. The van der Waals surface area contributed by atoms with Gasteiger partial charge >= 0.3 is 0 Å². The topological polar surface area (TPSA) is 26.0 Å². The third-order valence-corrected chi connectivity index (χ3v) is 3.73. The highest BCUT2D eigenvalue weighted by atomic mass is 14.6. The van der Waals surface area contributed by atoms with Crippen LogP contribution in [0.4, 0.5) is 0 Å². The zero-order valence-electron chi connectivity index (χ0n) is 8.60. The van der Waals surface area contributed by atoms with Crippen molar-refractivity contribution in [3.63, 3.8) is 0 Å². The highest BCUT2D eigenvalue weighted by Gasteiger charge is 2.32. The predicted molar refractivity (Wildman–Crippen MR) is 54.0 cm³/mol. The maximum absolute atomic E-state index is 5.91. The summed E-state index contributed by atoms with van der Waals surface area (Å²) < 4.78 is 0. The predicted octanol–water partition coefficient (Wildman–Crippen LogP) is 2.94. The molecule has 1 aliphatic carbocycles. The second-order valence-corrected chi connectivity index (χ2v) is 4.64. The lowest BCUT2D eigenvalue weighted by atomic mass is 9.71. The van der Waals surface area contributed by atoms with Crippen molar-refractivity contribution in [2.24, 2.45) is 17.1 Å². The third-order valence-electron chi connectivity index (χ3n) is 3.73. The van der Waals surface area contributed by atoms with Crippen LogP contribution in [0.15, 0.2) is 0 Å². The average Bonchev–Trinajstić information content (AvgIpc) is 2.29. The lowest BCUT2D eigenvalue weighted by Crippen LogP contribution is -2.35. The molecule has 0 spiro atoms. The molecule has 2 N–H and O–H groups in total. The molecule has 0 aliphatic heterocycles. The summed E-state index contributed by atoms with van der Waals surface area (Å²) >= 11 is 0. The van der Waals surface area contributed by atoms with E-state index in [0.717, 1.165) is 12.5 Å². The van der Waals surface area contributed by atoms with E-state index in [0.29, 0.717) is 5.41 Å². The Morgan fingerprint density at radius 1 is 1.08 bits per heavy atom. The Morgan fingerprint density at radius 3 is 1.92 bits per heavy atom. The van der Waals surface area contributed by atoms with Crippen LogP contribution < -0.4 is 5.73 Å². The van der Waals surface area contributed by atoms with Gasteiger partial charge in [0.05, 0.1) is 0 Å². The van der Waals surface area contributed by atoms with Crippen LogP contribution in [0.3, 0.4) is 0 Å². The fraction of sp³-hybridized carbons (Fsp3) is 1.00. The molecule has 1 nitrogen and oxygen atoms in total. The van der Waals surface area contributed by atoms with Crippen molar-refractivity contribution in [3.05, 3.63) is 0 Å². The minimum Gasteiger partial charge on any atom is -0.330 e. The number of rotatable bonds is 2. The molecule has 1 aliphatic rings. The summed E-state index contributed by atoms with van der Waals surface area (Å²) in [4.78, 5) is 0. The van der Waals surface area contributed by atoms with E-state index in [1.165, 1.54) is 38.5 Å². The molecule has 0 unspecified atom stereocenters. The van der Waals surface area contributed by atoms with Gasteiger partial charge in [-0.25, -0.2) is 0 Å². The van der Waals surface area contributed by atoms with Gasteiger partial charge < -0.3 is 5.73 Å². The standard InChI is InChI=1S/C11H23N/c1-10(2)11(9-12)7-5-3-4-6-8-11/h10H,3-9,12H2,1-2H3. The molecule has 0 heterocycles. The van der Waals surface area contributed by atoms with Crippen molar-refractivity contribution in [2.75, 3.05) is 6.54 Å². The molecule has 1 fully saturated rings. The molecule has 72 valence electrons. The van der Waals surface area contributed by atoms with E-state index >= 15 is 0 Å². The van der Waals surface area contributed by atoms with Gasteiger partial charge in [0.1, 0.15) is 0 Å². The van der Waals surface area contributed by atoms with Crippen LogP contribution in [0.25, 0.3) is 0 Å². The summed E-state index contributed by atoms with van der Waals surface area (Å²) in [6, 6.07) is 0. The fourth-order valence-corrected chi connectivity index (χ4v) is 2.45. The second kappa shape index (κ2) is 4.27. The number of hydrogen-bond donors (Lipinski definition) is 1. The molecular formula is C11H23N. The summed E-state index contributed by atoms with van der Waals surface area (Å²) in [5.41, 5.74) is 6.39. The smallest absolute Gasteiger partial charge is 0.00181 e. The molecule has 0 bridgehead atoms. The first-order chi connectivity index (χ1) is 5.71. The van der Waals surface area contributed by atoms with Crippen LogP contribution in [0.2, 0.25) is 0 Å². The molecule has 12 heavy (non-hydrogen) atoms. The SMILES string of the molecule is CC(C)C1(CN)CCCCCC1. The normalized spacial score (nSPS) is 24.0. The maximum Gasteiger partial charge on any atom is -0.00181 e. The van der Waals surface area contributed by atoms with Crippen molar-refractivity contribution in [1.82, 2.24) is 0 Å². The van der Waals surface area contributed by atoms with E-state index in [1.54, 1.807) is 0 Å². The maximum atomic E-state index is 5.91. The summed E-state index contributed by atoms with van der Waals surface area (Å²) in [7, 11) is 0. The molecule has 1 saturated carbocycles. The van der Waals surface area contributed by atoms with Gasteiger partial charge in [0.25, 0.3) is 0 Å². The minimum atomic E-state index is 0.483. The Balaban J connectivity index is 2.61. The van der Waals surface area contributed by atoms with Crippen LogP contribution in [-0.2, 0) is 0 Å². The van der Waals surface area contributed by atoms with Crippen LogP contribution >= 0.6 is 0 Å². The van der Waals surface area contributed by atoms with E-state index < -0.39 is 0 Å².